The van der Waals surface area contributed by atoms with E-state index in [2.05, 4.69) is 18.7 Å². The van der Waals surface area contributed by atoms with Crippen LogP contribution >= 0.6 is 0 Å². The van der Waals surface area contributed by atoms with Crippen molar-refractivity contribution in [3.63, 3.8) is 0 Å². The minimum Gasteiger partial charge on any atom is -0.0961 e. The first-order valence-electron chi connectivity index (χ1n) is 3.20. The van der Waals surface area contributed by atoms with Crippen LogP contribution in [0.3, 0.4) is 0 Å². The Kier molecular flexibility index (Phi) is 4.89. The minimum atomic E-state index is 1.02. The molecule has 0 aliphatic rings. The molecule has 0 bridgehead atoms. The number of hydrogen-bond acceptors (Lipinski definition) is 0. The van der Waals surface area contributed by atoms with Gasteiger partial charge in [0.1, 0.15) is 0 Å². The molecule has 0 aromatic rings. The lowest BCUT2D eigenvalue weighted by molar-refractivity contribution is 1.36. The van der Waals surface area contributed by atoms with Gasteiger partial charge in [-0.2, -0.15) is 0 Å². The molecular formula is C9H14. The van der Waals surface area contributed by atoms with Crippen LogP contribution in [0.25, 0.3) is 0 Å². The van der Waals surface area contributed by atoms with Crippen molar-refractivity contribution in [1.82, 2.24) is 0 Å². The van der Waals surface area contributed by atoms with Gasteiger partial charge in [-0.1, -0.05) is 36.5 Å². The maximum absolute atomic E-state index is 3.74. The zero-order valence-corrected chi connectivity index (χ0v) is 6.22. The van der Waals surface area contributed by atoms with E-state index in [4.69, 9.17) is 0 Å². The SMILES string of the molecule is C=C(C)C=CC/C=C\C. The summed E-state index contributed by atoms with van der Waals surface area (Å²) in [5.41, 5.74) is 1.11. The summed E-state index contributed by atoms with van der Waals surface area (Å²) in [6.07, 6.45) is 9.30. The predicted molar refractivity (Wildman–Crippen MR) is 43.4 cm³/mol. The van der Waals surface area contributed by atoms with Crippen LogP contribution in [0.15, 0.2) is 36.5 Å². The molecule has 0 spiro atoms. The second-order valence-corrected chi connectivity index (χ2v) is 2.05. The third kappa shape index (κ3) is 7.22. The van der Waals surface area contributed by atoms with Crippen molar-refractivity contribution in [3.8, 4) is 0 Å². The lowest BCUT2D eigenvalue weighted by atomic mass is 10.3. The summed E-state index contributed by atoms with van der Waals surface area (Å²) in [7, 11) is 0. The van der Waals surface area contributed by atoms with E-state index in [9.17, 15) is 0 Å². The second-order valence-electron chi connectivity index (χ2n) is 2.05. The van der Waals surface area contributed by atoms with E-state index in [0.717, 1.165) is 12.0 Å². The average Bonchev–Trinajstić information content (AvgIpc) is 1.80. The van der Waals surface area contributed by atoms with Gasteiger partial charge in [-0.25, -0.2) is 0 Å². The van der Waals surface area contributed by atoms with Crippen LogP contribution in [0.1, 0.15) is 20.3 Å². The molecule has 0 aliphatic heterocycles. The molecule has 0 aliphatic carbocycles. The van der Waals surface area contributed by atoms with Gasteiger partial charge in [0.2, 0.25) is 0 Å². The van der Waals surface area contributed by atoms with E-state index in [-0.39, 0.29) is 0 Å². The molecule has 9 heavy (non-hydrogen) atoms. The first-order chi connectivity index (χ1) is 4.27. The Morgan fingerprint density at radius 1 is 1.44 bits per heavy atom. The zero-order valence-electron chi connectivity index (χ0n) is 6.22. The van der Waals surface area contributed by atoms with Gasteiger partial charge >= 0.3 is 0 Å². The Hall–Kier alpha value is -0.780. The molecule has 0 nitrogen and oxygen atoms in total. The highest BCUT2D eigenvalue weighted by atomic mass is 13.8. The van der Waals surface area contributed by atoms with E-state index in [1.165, 1.54) is 0 Å². The van der Waals surface area contributed by atoms with Gasteiger partial charge < -0.3 is 0 Å². The van der Waals surface area contributed by atoms with Crippen LogP contribution in [0.2, 0.25) is 0 Å². The quantitative estimate of drug-likeness (QED) is 0.398. The summed E-state index contributed by atoms with van der Waals surface area (Å²) in [6.45, 7) is 7.76. The van der Waals surface area contributed by atoms with Crippen LogP contribution in [0.5, 0.6) is 0 Å². The lowest BCUT2D eigenvalue weighted by Gasteiger charge is -1.82. The molecule has 0 aromatic carbocycles. The highest BCUT2D eigenvalue weighted by Gasteiger charge is 1.70. The van der Waals surface area contributed by atoms with Crippen LogP contribution < -0.4 is 0 Å². The summed E-state index contributed by atoms with van der Waals surface area (Å²) in [5.74, 6) is 0. The highest BCUT2D eigenvalue weighted by Crippen LogP contribution is 1.91. The predicted octanol–water partition coefficient (Wildman–Crippen LogP) is 3.08. The Bertz CT molecular complexity index is 127. The standard InChI is InChI=1S/C9H14/c1-4-5-6-7-8-9(2)3/h4-5,7-8H,2,6H2,1,3H3/b5-4-,8-7?. The molecule has 0 N–H and O–H groups in total. The van der Waals surface area contributed by atoms with E-state index >= 15 is 0 Å². The number of hydrogen-bond donors (Lipinski definition) is 0. The van der Waals surface area contributed by atoms with Crippen molar-refractivity contribution in [1.29, 1.82) is 0 Å². The second kappa shape index (κ2) is 5.36. The fourth-order valence-electron chi connectivity index (χ4n) is 0.484. The van der Waals surface area contributed by atoms with Gasteiger partial charge in [-0.15, -0.1) is 0 Å². The maximum atomic E-state index is 3.74. The Morgan fingerprint density at radius 2 is 2.11 bits per heavy atom. The molecule has 0 rings (SSSR count). The molecule has 0 amide bonds. The highest BCUT2D eigenvalue weighted by molar-refractivity contribution is 5.11. The third-order valence-corrected chi connectivity index (χ3v) is 0.910. The lowest BCUT2D eigenvalue weighted by Crippen LogP contribution is -1.60. The van der Waals surface area contributed by atoms with Crippen molar-refractivity contribution in [2.45, 2.75) is 20.3 Å². The van der Waals surface area contributed by atoms with Crippen LogP contribution in [-0.4, -0.2) is 0 Å². The van der Waals surface area contributed by atoms with Crippen LogP contribution in [-0.2, 0) is 0 Å². The Labute approximate surface area is 57.6 Å². The van der Waals surface area contributed by atoms with Crippen molar-refractivity contribution in [2.75, 3.05) is 0 Å². The van der Waals surface area contributed by atoms with Crippen molar-refractivity contribution >= 4 is 0 Å². The number of rotatable bonds is 3. The zero-order chi connectivity index (χ0) is 7.11. The van der Waals surface area contributed by atoms with E-state index < -0.39 is 0 Å². The smallest absolute Gasteiger partial charge is 0.0166 e. The van der Waals surface area contributed by atoms with Gasteiger partial charge in [0.05, 0.1) is 0 Å². The van der Waals surface area contributed by atoms with Crippen molar-refractivity contribution in [3.05, 3.63) is 36.5 Å². The molecule has 0 heteroatoms. The van der Waals surface area contributed by atoms with E-state index in [0.29, 0.717) is 0 Å². The molecule has 0 heterocycles. The van der Waals surface area contributed by atoms with Gasteiger partial charge in [-0.05, 0) is 20.3 Å². The fourth-order valence-corrected chi connectivity index (χ4v) is 0.484. The molecule has 0 atom stereocenters. The van der Waals surface area contributed by atoms with Crippen molar-refractivity contribution in [2.24, 2.45) is 0 Å². The van der Waals surface area contributed by atoms with Crippen LogP contribution in [0.4, 0.5) is 0 Å². The monoisotopic (exact) mass is 122 g/mol. The molecular weight excluding hydrogens is 108 g/mol. The van der Waals surface area contributed by atoms with Gasteiger partial charge in [0, 0.05) is 0 Å². The van der Waals surface area contributed by atoms with Gasteiger partial charge in [0.25, 0.3) is 0 Å². The molecule has 0 radical (unpaired) electrons. The molecule has 0 aromatic heterocycles. The average molecular weight is 122 g/mol. The molecule has 0 saturated heterocycles. The summed E-state index contributed by atoms with van der Waals surface area (Å²) >= 11 is 0. The molecule has 0 fully saturated rings. The normalized spacial score (nSPS) is 11.3. The molecule has 0 unspecified atom stereocenters. The topological polar surface area (TPSA) is 0 Å². The third-order valence-electron chi connectivity index (χ3n) is 0.910. The summed E-state index contributed by atoms with van der Waals surface area (Å²) < 4.78 is 0. The Morgan fingerprint density at radius 3 is 2.56 bits per heavy atom. The molecule has 0 saturated carbocycles. The summed E-state index contributed by atoms with van der Waals surface area (Å²) in [6, 6.07) is 0. The van der Waals surface area contributed by atoms with Gasteiger partial charge in [0.15, 0.2) is 0 Å². The Balaban J connectivity index is 3.36. The first-order valence-corrected chi connectivity index (χ1v) is 3.20. The van der Waals surface area contributed by atoms with E-state index in [1.54, 1.807) is 0 Å². The van der Waals surface area contributed by atoms with Crippen molar-refractivity contribution < 1.29 is 0 Å². The minimum absolute atomic E-state index is 1.02. The largest absolute Gasteiger partial charge is 0.0961 e. The number of allylic oxidation sites excluding steroid dienone is 5. The first kappa shape index (κ1) is 8.22. The summed E-state index contributed by atoms with van der Waals surface area (Å²) in [4.78, 5) is 0. The van der Waals surface area contributed by atoms with Crippen LogP contribution in [0, 0.1) is 0 Å². The van der Waals surface area contributed by atoms with E-state index in [1.807, 2.05) is 26.0 Å². The van der Waals surface area contributed by atoms with Gasteiger partial charge in [-0.3, -0.25) is 0 Å². The fraction of sp³-hybridized carbons (Fsp3) is 0.333. The maximum Gasteiger partial charge on any atom is -0.0166 e. The summed E-state index contributed by atoms with van der Waals surface area (Å²) in [5, 5.41) is 0. The molecule has 50 valence electrons.